The maximum absolute atomic E-state index is 13.0. The average Bonchev–Trinajstić information content (AvgIpc) is 3.25. The molecule has 1 aliphatic heterocycles. The lowest BCUT2D eigenvalue weighted by Gasteiger charge is -2.38. The Morgan fingerprint density at radius 3 is 2.65 bits per heavy atom. The van der Waals surface area contributed by atoms with Gasteiger partial charge in [0.2, 0.25) is 0 Å². The van der Waals surface area contributed by atoms with Crippen LogP contribution < -0.4 is 5.32 Å². The van der Waals surface area contributed by atoms with E-state index >= 15 is 0 Å². The number of fused-ring (bicyclic) bond motifs is 1. The number of hydrogen-bond acceptors (Lipinski definition) is 6. The Morgan fingerprint density at radius 2 is 1.95 bits per heavy atom. The number of nitrogens with zero attached hydrogens (tertiary/aromatic N) is 3. The van der Waals surface area contributed by atoms with Crippen LogP contribution >= 0.6 is 22.6 Å². The summed E-state index contributed by atoms with van der Waals surface area (Å²) in [4.78, 5) is 38.7. The normalized spacial score (nSPS) is 16.8. The first-order valence-corrected chi connectivity index (χ1v) is 13.0. The third-order valence-corrected chi connectivity index (χ3v) is 6.61. The summed E-state index contributed by atoms with van der Waals surface area (Å²) in [6.07, 6.45) is 0.602. The van der Waals surface area contributed by atoms with Crippen molar-refractivity contribution in [1.82, 2.24) is 14.7 Å². The van der Waals surface area contributed by atoms with Crippen LogP contribution in [0.5, 0.6) is 0 Å². The summed E-state index contributed by atoms with van der Waals surface area (Å²) in [6.45, 7) is 5.72. The monoisotopic (exact) mass is 620 g/mol. The Labute approximate surface area is 228 Å². The molecule has 1 saturated heterocycles. The Morgan fingerprint density at radius 1 is 1.16 bits per heavy atom. The van der Waals surface area contributed by atoms with Gasteiger partial charge in [-0.15, -0.1) is 0 Å². The molecule has 0 aliphatic carbocycles. The highest BCUT2D eigenvalue weighted by Gasteiger charge is 2.36. The summed E-state index contributed by atoms with van der Waals surface area (Å²) < 4.78 is 13.4. The molecule has 1 aliphatic rings. The molecule has 37 heavy (non-hydrogen) atoms. The van der Waals surface area contributed by atoms with Crippen LogP contribution in [0.1, 0.15) is 51.7 Å². The minimum Gasteiger partial charge on any atom is -0.465 e. The number of rotatable bonds is 4. The molecule has 3 aromatic rings. The van der Waals surface area contributed by atoms with Gasteiger partial charge in [-0.25, -0.2) is 14.4 Å². The highest BCUT2D eigenvalue weighted by molar-refractivity contribution is 14.1. The molecule has 1 aromatic heterocycles. The second-order valence-electron chi connectivity index (χ2n) is 9.86. The average molecular weight is 620 g/mol. The molecule has 4 rings (SSSR count). The molecule has 2 atom stereocenters. The first-order valence-electron chi connectivity index (χ1n) is 12.0. The van der Waals surface area contributed by atoms with Gasteiger partial charge in [-0.2, -0.15) is 9.78 Å². The lowest BCUT2D eigenvalue weighted by molar-refractivity contribution is 0.0178. The highest BCUT2D eigenvalue weighted by Crippen LogP contribution is 2.33. The molecule has 0 saturated carbocycles. The summed E-state index contributed by atoms with van der Waals surface area (Å²) in [5.41, 5.74) is 1.04. The summed E-state index contributed by atoms with van der Waals surface area (Å²) in [5, 5.41) is 17.2. The molecule has 10 nitrogen and oxygen atoms in total. The molecular formula is C26H29IN4O6. The third-order valence-electron chi connectivity index (χ3n) is 5.94. The van der Waals surface area contributed by atoms with E-state index in [0.29, 0.717) is 29.6 Å². The van der Waals surface area contributed by atoms with Crippen molar-refractivity contribution in [2.24, 2.45) is 0 Å². The van der Waals surface area contributed by atoms with Crippen molar-refractivity contribution in [1.29, 1.82) is 0 Å². The van der Waals surface area contributed by atoms with E-state index in [9.17, 15) is 19.5 Å². The van der Waals surface area contributed by atoms with Crippen molar-refractivity contribution in [3.05, 3.63) is 57.8 Å². The number of likely N-dealkylation sites (tertiary alicyclic amines) is 1. The molecule has 2 heterocycles. The Bertz CT molecular complexity index is 1320. The van der Waals surface area contributed by atoms with Crippen LogP contribution in [0, 0.1) is 3.57 Å². The number of halogens is 1. The van der Waals surface area contributed by atoms with E-state index in [4.69, 9.17) is 9.47 Å². The van der Waals surface area contributed by atoms with E-state index < -0.39 is 36.0 Å². The molecule has 2 N–H and O–H groups in total. The van der Waals surface area contributed by atoms with Crippen LogP contribution in [0.25, 0.3) is 10.9 Å². The van der Waals surface area contributed by atoms with Gasteiger partial charge in [0.15, 0.2) is 0 Å². The number of amides is 2. The molecule has 0 radical (unpaired) electrons. The van der Waals surface area contributed by atoms with E-state index in [1.165, 1.54) is 15.8 Å². The number of carboxylic acid groups (broad SMARTS) is 1. The first-order chi connectivity index (χ1) is 17.5. The van der Waals surface area contributed by atoms with Gasteiger partial charge in [0, 0.05) is 21.2 Å². The Kier molecular flexibility index (Phi) is 7.90. The van der Waals surface area contributed by atoms with Gasteiger partial charge < -0.3 is 19.5 Å². The zero-order chi connectivity index (χ0) is 26.7. The second-order valence-corrected chi connectivity index (χ2v) is 11.1. The molecule has 1 unspecified atom stereocenters. The van der Waals surface area contributed by atoms with Crippen LogP contribution in [0.3, 0.4) is 0 Å². The van der Waals surface area contributed by atoms with E-state index in [1.807, 2.05) is 24.3 Å². The van der Waals surface area contributed by atoms with E-state index in [1.54, 1.807) is 39.0 Å². The van der Waals surface area contributed by atoms with Gasteiger partial charge in [0.25, 0.3) is 0 Å². The summed E-state index contributed by atoms with van der Waals surface area (Å²) in [6, 6.07) is 12.0. The number of aromatic nitrogens is 2. The highest BCUT2D eigenvalue weighted by atomic mass is 127. The number of hydrogen-bond donors (Lipinski definition) is 2. The second kappa shape index (κ2) is 11.0. The topological polar surface area (TPSA) is 123 Å². The van der Waals surface area contributed by atoms with Gasteiger partial charge in [-0.1, -0.05) is 12.1 Å². The lowest BCUT2D eigenvalue weighted by Crippen LogP contribution is -2.47. The van der Waals surface area contributed by atoms with E-state index in [2.05, 4.69) is 33.0 Å². The fraction of sp³-hybridized carbons (Fsp3) is 0.385. The van der Waals surface area contributed by atoms with Crippen LogP contribution in [0.15, 0.2) is 48.7 Å². The maximum Gasteiger partial charge on any atom is 0.435 e. The minimum atomic E-state index is -1.03. The van der Waals surface area contributed by atoms with Gasteiger partial charge in [-0.05, 0) is 98.5 Å². The van der Waals surface area contributed by atoms with Crippen molar-refractivity contribution in [2.75, 3.05) is 11.9 Å². The number of nitrogens with one attached hydrogen (secondary N) is 1. The number of piperidine rings is 1. The van der Waals surface area contributed by atoms with Crippen molar-refractivity contribution < 1.29 is 29.0 Å². The molecule has 1 fully saturated rings. The maximum atomic E-state index is 13.0. The molecule has 11 heteroatoms. The van der Waals surface area contributed by atoms with Crippen LogP contribution in [0.4, 0.5) is 20.1 Å². The predicted molar refractivity (Wildman–Crippen MR) is 146 cm³/mol. The van der Waals surface area contributed by atoms with Crippen molar-refractivity contribution in [3.63, 3.8) is 0 Å². The summed E-state index contributed by atoms with van der Waals surface area (Å²) in [5.74, 6) is 0. The van der Waals surface area contributed by atoms with E-state index in [0.717, 1.165) is 22.0 Å². The number of benzene rings is 2. The summed E-state index contributed by atoms with van der Waals surface area (Å²) >= 11 is 2.18. The largest absolute Gasteiger partial charge is 0.465 e. The Hall–Kier alpha value is -3.35. The quantitative estimate of drug-likeness (QED) is 0.331. The molecule has 196 valence electrons. The molecule has 2 amide bonds. The zero-order valence-corrected chi connectivity index (χ0v) is 23.0. The van der Waals surface area contributed by atoms with Gasteiger partial charge in [-0.3, -0.25) is 5.32 Å². The van der Waals surface area contributed by atoms with Gasteiger partial charge >= 0.3 is 18.3 Å². The van der Waals surface area contributed by atoms with Gasteiger partial charge in [0.05, 0.1) is 17.8 Å². The fourth-order valence-corrected chi connectivity index (χ4v) is 4.95. The zero-order valence-electron chi connectivity index (χ0n) is 20.8. The number of carbonyl (C=O) groups is 3. The van der Waals surface area contributed by atoms with Crippen molar-refractivity contribution in [3.8, 4) is 0 Å². The van der Waals surface area contributed by atoms with Crippen LogP contribution in [-0.2, 0) is 9.47 Å². The fourth-order valence-electron chi connectivity index (χ4n) is 4.39. The van der Waals surface area contributed by atoms with Crippen molar-refractivity contribution >= 4 is 57.5 Å². The SMILES string of the molecule is CC(C)(C)OC(=O)n1ncc2cc(NC(=O)OC(c3cccc(I)c3)[C@@H]3CCCCN3C(=O)O)ccc21. The summed E-state index contributed by atoms with van der Waals surface area (Å²) in [7, 11) is 0. The number of carbonyl (C=O) groups excluding carboxylic acids is 2. The Balaban J connectivity index is 1.54. The van der Waals surface area contributed by atoms with Crippen LogP contribution in [0.2, 0.25) is 0 Å². The minimum absolute atomic E-state index is 0.393. The molecule has 2 aromatic carbocycles. The van der Waals surface area contributed by atoms with Crippen molar-refractivity contribution in [2.45, 2.75) is 57.8 Å². The van der Waals surface area contributed by atoms with Crippen LogP contribution in [-0.4, -0.2) is 56.3 Å². The molecular weight excluding hydrogens is 591 g/mol. The predicted octanol–water partition coefficient (Wildman–Crippen LogP) is 6.25. The first kappa shape index (κ1) is 26.7. The standard InChI is InChI=1S/C26H29IN4O6/c1-26(2,3)37-25(35)31-20-11-10-19(14-17(20)15-28-31)29-23(32)36-22(16-7-6-8-18(27)13-16)21-9-4-5-12-30(21)24(33)34/h6-8,10-11,13-15,21-22H,4-5,9,12H2,1-3H3,(H,29,32)(H,33,34)/t21-,22?/m0/s1. The number of ether oxygens (including phenoxy) is 2. The third kappa shape index (κ3) is 6.51. The molecule has 0 spiro atoms. The van der Waals surface area contributed by atoms with E-state index in [-0.39, 0.29) is 0 Å². The smallest absolute Gasteiger partial charge is 0.435 e. The number of anilines is 1. The van der Waals surface area contributed by atoms with Gasteiger partial charge in [0.1, 0.15) is 11.7 Å². The molecule has 0 bridgehead atoms. The lowest BCUT2D eigenvalue weighted by atomic mass is 9.93.